The Bertz CT molecular complexity index is 354. The van der Waals surface area contributed by atoms with Gasteiger partial charge in [0.15, 0.2) is 0 Å². The van der Waals surface area contributed by atoms with Crippen LogP contribution in [0.25, 0.3) is 0 Å². The van der Waals surface area contributed by atoms with Gasteiger partial charge in [-0.2, -0.15) is 0 Å². The average molecular weight is 215 g/mol. The molecule has 0 spiro atoms. The highest BCUT2D eigenvalue weighted by atomic mass is 14.9. The van der Waals surface area contributed by atoms with E-state index in [1.54, 1.807) is 11.1 Å². The second kappa shape index (κ2) is 4.58. The number of aryl methyl sites for hydroxylation is 1. The molecular formula is C15H21N. The molecule has 1 N–H and O–H groups in total. The van der Waals surface area contributed by atoms with Crippen LogP contribution in [0.5, 0.6) is 0 Å². The molecule has 1 heteroatoms. The minimum absolute atomic E-state index is 0.628. The predicted molar refractivity (Wildman–Crippen MR) is 67.5 cm³/mol. The van der Waals surface area contributed by atoms with Crippen LogP contribution in [0.2, 0.25) is 0 Å². The lowest BCUT2D eigenvalue weighted by Gasteiger charge is -2.26. The van der Waals surface area contributed by atoms with E-state index in [1.165, 1.54) is 45.1 Å². The molecule has 3 rings (SSSR count). The molecule has 0 amide bonds. The Morgan fingerprint density at radius 1 is 1.12 bits per heavy atom. The van der Waals surface area contributed by atoms with Crippen molar-refractivity contribution in [2.45, 2.75) is 44.6 Å². The molecule has 2 aliphatic carbocycles. The number of hydrogen-bond acceptors (Lipinski definition) is 1. The molecule has 0 aromatic heterocycles. The van der Waals surface area contributed by atoms with Crippen molar-refractivity contribution in [3.05, 3.63) is 35.4 Å². The zero-order chi connectivity index (χ0) is 10.8. The maximum atomic E-state index is 3.75. The molecule has 86 valence electrons. The van der Waals surface area contributed by atoms with E-state index in [0.717, 1.165) is 5.92 Å². The van der Waals surface area contributed by atoms with E-state index in [9.17, 15) is 0 Å². The van der Waals surface area contributed by atoms with Crippen molar-refractivity contribution < 1.29 is 0 Å². The second-order valence-corrected chi connectivity index (χ2v) is 5.33. The molecule has 0 heterocycles. The van der Waals surface area contributed by atoms with Gasteiger partial charge >= 0.3 is 0 Å². The zero-order valence-electron chi connectivity index (χ0n) is 9.91. The van der Waals surface area contributed by atoms with E-state index in [1.807, 2.05) is 0 Å². The van der Waals surface area contributed by atoms with Gasteiger partial charge < -0.3 is 5.32 Å². The fourth-order valence-electron chi connectivity index (χ4n) is 2.83. The lowest BCUT2D eigenvalue weighted by Crippen LogP contribution is -2.26. The summed E-state index contributed by atoms with van der Waals surface area (Å²) in [5.41, 5.74) is 3.13. The van der Waals surface area contributed by atoms with Gasteiger partial charge in [-0.3, -0.25) is 0 Å². The Morgan fingerprint density at radius 3 is 2.88 bits per heavy atom. The standard InChI is InChI=1S/C15H21N/c1-2-6-14-13(4-1)5-3-7-15(14)16-11-10-12-8-9-12/h1-2,4,6,12,15-16H,3,5,7-11H2. The lowest BCUT2D eigenvalue weighted by atomic mass is 9.88. The summed E-state index contributed by atoms with van der Waals surface area (Å²) in [4.78, 5) is 0. The van der Waals surface area contributed by atoms with Crippen LogP contribution in [-0.2, 0) is 6.42 Å². The summed E-state index contributed by atoms with van der Waals surface area (Å²) < 4.78 is 0. The van der Waals surface area contributed by atoms with Crippen molar-refractivity contribution in [3.63, 3.8) is 0 Å². The number of nitrogens with one attached hydrogen (secondary N) is 1. The van der Waals surface area contributed by atoms with Gasteiger partial charge in [-0.25, -0.2) is 0 Å². The van der Waals surface area contributed by atoms with Gasteiger partial charge in [0.2, 0.25) is 0 Å². The number of benzene rings is 1. The summed E-state index contributed by atoms with van der Waals surface area (Å²) in [6, 6.07) is 9.59. The van der Waals surface area contributed by atoms with Gasteiger partial charge in [0.1, 0.15) is 0 Å². The number of hydrogen-bond donors (Lipinski definition) is 1. The summed E-state index contributed by atoms with van der Waals surface area (Å²) >= 11 is 0. The Balaban J connectivity index is 1.62. The molecule has 0 bridgehead atoms. The third-order valence-corrected chi connectivity index (χ3v) is 4.01. The van der Waals surface area contributed by atoms with Crippen LogP contribution in [0.1, 0.15) is 49.3 Å². The number of fused-ring (bicyclic) bond motifs is 1. The van der Waals surface area contributed by atoms with E-state index < -0.39 is 0 Å². The molecule has 0 aliphatic heterocycles. The van der Waals surface area contributed by atoms with Crippen LogP contribution in [0.4, 0.5) is 0 Å². The maximum Gasteiger partial charge on any atom is 0.0323 e. The van der Waals surface area contributed by atoms with Crippen molar-refractivity contribution >= 4 is 0 Å². The van der Waals surface area contributed by atoms with Crippen LogP contribution >= 0.6 is 0 Å². The molecule has 1 saturated carbocycles. The van der Waals surface area contributed by atoms with Crippen molar-refractivity contribution in [1.82, 2.24) is 5.32 Å². The largest absolute Gasteiger partial charge is 0.310 e. The van der Waals surface area contributed by atoms with E-state index >= 15 is 0 Å². The predicted octanol–water partition coefficient (Wildman–Crippen LogP) is 3.45. The first-order valence-electron chi connectivity index (χ1n) is 6.74. The SMILES string of the molecule is c1ccc2c(c1)CCCC2NCCC1CC1. The summed E-state index contributed by atoms with van der Waals surface area (Å²) in [6.45, 7) is 1.21. The second-order valence-electron chi connectivity index (χ2n) is 5.33. The summed E-state index contributed by atoms with van der Waals surface area (Å²) in [6.07, 6.45) is 8.28. The molecule has 1 aromatic rings. The summed E-state index contributed by atoms with van der Waals surface area (Å²) in [5, 5.41) is 3.75. The van der Waals surface area contributed by atoms with Gasteiger partial charge in [0.05, 0.1) is 0 Å². The highest BCUT2D eigenvalue weighted by Gasteiger charge is 2.22. The van der Waals surface area contributed by atoms with E-state index in [4.69, 9.17) is 0 Å². The third kappa shape index (κ3) is 2.30. The van der Waals surface area contributed by atoms with Gasteiger partial charge in [-0.1, -0.05) is 37.1 Å². The Kier molecular flexibility index (Phi) is 2.96. The molecule has 0 saturated heterocycles. The van der Waals surface area contributed by atoms with Crippen LogP contribution in [0, 0.1) is 5.92 Å². The van der Waals surface area contributed by atoms with Gasteiger partial charge in [-0.05, 0) is 49.3 Å². The first-order chi connectivity index (χ1) is 7.93. The van der Waals surface area contributed by atoms with Crippen LogP contribution in [0.3, 0.4) is 0 Å². The molecule has 1 unspecified atom stereocenters. The van der Waals surface area contributed by atoms with Crippen molar-refractivity contribution in [2.24, 2.45) is 5.92 Å². The third-order valence-electron chi connectivity index (χ3n) is 4.01. The Labute approximate surface area is 98.3 Å². The molecule has 2 aliphatic rings. The Morgan fingerprint density at radius 2 is 2.00 bits per heavy atom. The maximum absolute atomic E-state index is 3.75. The van der Waals surface area contributed by atoms with E-state index in [0.29, 0.717) is 6.04 Å². The lowest BCUT2D eigenvalue weighted by molar-refractivity contribution is 0.449. The minimum Gasteiger partial charge on any atom is -0.310 e. The smallest absolute Gasteiger partial charge is 0.0323 e. The monoisotopic (exact) mass is 215 g/mol. The molecule has 1 aromatic carbocycles. The highest BCUT2D eigenvalue weighted by Crippen LogP contribution is 2.33. The first kappa shape index (κ1) is 10.3. The summed E-state index contributed by atoms with van der Waals surface area (Å²) in [5.74, 6) is 1.05. The minimum atomic E-state index is 0.628. The van der Waals surface area contributed by atoms with Crippen molar-refractivity contribution in [3.8, 4) is 0 Å². The number of rotatable bonds is 4. The fourth-order valence-corrected chi connectivity index (χ4v) is 2.83. The van der Waals surface area contributed by atoms with Crippen molar-refractivity contribution in [2.75, 3.05) is 6.54 Å². The van der Waals surface area contributed by atoms with Crippen molar-refractivity contribution in [1.29, 1.82) is 0 Å². The topological polar surface area (TPSA) is 12.0 Å². The highest BCUT2D eigenvalue weighted by molar-refractivity contribution is 5.32. The quantitative estimate of drug-likeness (QED) is 0.811. The molecule has 1 fully saturated rings. The molecule has 1 atom stereocenters. The van der Waals surface area contributed by atoms with Gasteiger partial charge in [-0.15, -0.1) is 0 Å². The molecule has 1 nitrogen and oxygen atoms in total. The van der Waals surface area contributed by atoms with Crippen LogP contribution in [0.15, 0.2) is 24.3 Å². The molecular weight excluding hydrogens is 194 g/mol. The van der Waals surface area contributed by atoms with E-state index in [-0.39, 0.29) is 0 Å². The van der Waals surface area contributed by atoms with Gasteiger partial charge in [0.25, 0.3) is 0 Å². The average Bonchev–Trinajstić information content (AvgIpc) is 3.13. The summed E-state index contributed by atoms with van der Waals surface area (Å²) in [7, 11) is 0. The Hall–Kier alpha value is -0.820. The van der Waals surface area contributed by atoms with E-state index in [2.05, 4.69) is 29.6 Å². The van der Waals surface area contributed by atoms with Gasteiger partial charge in [0, 0.05) is 6.04 Å². The van der Waals surface area contributed by atoms with Crippen LogP contribution in [-0.4, -0.2) is 6.54 Å². The molecule has 0 radical (unpaired) electrons. The zero-order valence-corrected chi connectivity index (χ0v) is 9.91. The first-order valence-corrected chi connectivity index (χ1v) is 6.74. The molecule has 16 heavy (non-hydrogen) atoms. The fraction of sp³-hybridized carbons (Fsp3) is 0.600. The van der Waals surface area contributed by atoms with Crippen LogP contribution < -0.4 is 5.32 Å². The normalized spacial score (nSPS) is 24.1.